The Balaban J connectivity index is 1.72. The predicted molar refractivity (Wildman–Crippen MR) is 92.6 cm³/mol. The second-order valence-electron chi connectivity index (χ2n) is 7.58. The lowest BCUT2D eigenvalue weighted by Gasteiger charge is -2.27. The first-order chi connectivity index (χ1) is 11.8. The van der Waals surface area contributed by atoms with Gasteiger partial charge in [0.05, 0.1) is 18.1 Å². The van der Waals surface area contributed by atoms with Crippen LogP contribution in [0.25, 0.3) is 0 Å². The fourth-order valence-electron chi connectivity index (χ4n) is 3.52. The molecule has 1 heterocycles. The molecule has 1 N–H and O–H groups in total. The third-order valence-electron chi connectivity index (χ3n) is 5.23. The molecule has 0 spiro atoms. The summed E-state index contributed by atoms with van der Waals surface area (Å²) in [6, 6.07) is 3.72. The molecule has 0 radical (unpaired) electrons. The molecule has 2 fully saturated rings. The van der Waals surface area contributed by atoms with Crippen LogP contribution in [-0.2, 0) is 14.8 Å². The second kappa shape index (κ2) is 7.21. The van der Waals surface area contributed by atoms with Gasteiger partial charge in [0.2, 0.25) is 10.0 Å². The maximum atomic E-state index is 14.4. The van der Waals surface area contributed by atoms with E-state index in [2.05, 4.69) is 18.6 Å². The van der Waals surface area contributed by atoms with Gasteiger partial charge < -0.3 is 9.47 Å². The number of halogens is 1. The highest BCUT2D eigenvalue weighted by molar-refractivity contribution is 7.89. The van der Waals surface area contributed by atoms with E-state index >= 15 is 0 Å². The van der Waals surface area contributed by atoms with E-state index in [1.165, 1.54) is 12.1 Å². The van der Waals surface area contributed by atoms with Crippen molar-refractivity contribution in [1.29, 1.82) is 0 Å². The summed E-state index contributed by atoms with van der Waals surface area (Å²) in [5, 5.41) is 0. The molecule has 1 saturated carbocycles. The fourth-order valence-corrected chi connectivity index (χ4v) is 4.97. The van der Waals surface area contributed by atoms with Gasteiger partial charge in [0.25, 0.3) is 0 Å². The first kappa shape index (κ1) is 18.6. The minimum atomic E-state index is -3.75. The van der Waals surface area contributed by atoms with Crippen LogP contribution in [0.4, 0.5) is 4.39 Å². The van der Waals surface area contributed by atoms with Crippen LogP contribution in [0, 0.1) is 11.2 Å². The number of hydrogen-bond donors (Lipinski definition) is 1. The SMILES string of the molecule is CC1(C)CCCC1NS(=O)(=O)c1ccc(OC2CCOCC2)c(F)c1. The van der Waals surface area contributed by atoms with Gasteiger partial charge in [-0.05, 0) is 36.5 Å². The summed E-state index contributed by atoms with van der Waals surface area (Å²) in [7, 11) is -3.75. The van der Waals surface area contributed by atoms with Gasteiger partial charge in [-0.3, -0.25) is 0 Å². The van der Waals surface area contributed by atoms with Crippen molar-refractivity contribution in [1.82, 2.24) is 4.72 Å². The second-order valence-corrected chi connectivity index (χ2v) is 9.29. The van der Waals surface area contributed by atoms with E-state index in [1.54, 1.807) is 0 Å². The van der Waals surface area contributed by atoms with E-state index in [0.717, 1.165) is 25.3 Å². The van der Waals surface area contributed by atoms with Crippen molar-refractivity contribution in [3.05, 3.63) is 24.0 Å². The lowest BCUT2D eigenvalue weighted by molar-refractivity contribution is 0.0240. The van der Waals surface area contributed by atoms with Crippen LogP contribution in [-0.4, -0.2) is 33.8 Å². The summed E-state index contributed by atoms with van der Waals surface area (Å²) < 4.78 is 53.2. The molecule has 1 saturated heterocycles. The number of sulfonamides is 1. The smallest absolute Gasteiger partial charge is 0.240 e. The van der Waals surface area contributed by atoms with Crippen LogP contribution in [0.2, 0.25) is 0 Å². The Hall–Kier alpha value is -1.18. The Bertz CT molecular complexity index is 714. The van der Waals surface area contributed by atoms with Crippen molar-refractivity contribution in [2.75, 3.05) is 13.2 Å². The zero-order chi connectivity index (χ0) is 18.1. The van der Waals surface area contributed by atoms with E-state index in [0.29, 0.717) is 26.1 Å². The van der Waals surface area contributed by atoms with Crippen LogP contribution < -0.4 is 9.46 Å². The van der Waals surface area contributed by atoms with Crippen molar-refractivity contribution >= 4 is 10.0 Å². The lowest BCUT2D eigenvalue weighted by Crippen LogP contribution is -2.41. The van der Waals surface area contributed by atoms with E-state index in [4.69, 9.17) is 9.47 Å². The summed E-state index contributed by atoms with van der Waals surface area (Å²) in [6.45, 7) is 5.30. The van der Waals surface area contributed by atoms with Gasteiger partial charge in [-0.1, -0.05) is 20.3 Å². The number of nitrogens with one attached hydrogen (secondary N) is 1. The highest BCUT2D eigenvalue weighted by Gasteiger charge is 2.37. The van der Waals surface area contributed by atoms with Gasteiger partial charge >= 0.3 is 0 Å². The maximum absolute atomic E-state index is 14.4. The first-order valence-electron chi connectivity index (χ1n) is 8.84. The Morgan fingerprint density at radius 3 is 2.56 bits per heavy atom. The van der Waals surface area contributed by atoms with Gasteiger partial charge in [0.1, 0.15) is 6.10 Å². The Morgan fingerprint density at radius 2 is 1.96 bits per heavy atom. The van der Waals surface area contributed by atoms with Gasteiger partial charge in [0, 0.05) is 18.9 Å². The van der Waals surface area contributed by atoms with Crippen LogP contribution in [0.1, 0.15) is 46.0 Å². The fraction of sp³-hybridized carbons (Fsp3) is 0.667. The molecular formula is C18H26FNO4S. The van der Waals surface area contributed by atoms with Crippen LogP contribution in [0.3, 0.4) is 0 Å². The van der Waals surface area contributed by atoms with Crippen molar-refractivity contribution in [3.8, 4) is 5.75 Å². The normalized spacial score (nSPS) is 24.4. The molecule has 1 aromatic rings. The predicted octanol–water partition coefficient (Wildman–Crippen LogP) is 3.24. The molecule has 1 atom stereocenters. The van der Waals surface area contributed by atoms with E-state index in [-0.39, 0.29) is 28.2 Å². The van der Waals surface area contributed by atoms with E-state index < -0.39 is 15.8 Å². The summed E-state index contributed by atoms with van der Waals surface area (Å²) >= 11 is 0. The first-order valence-corrected chi connectivity index (χ1v) is 10.3. The molecule has 5 nitrogen and oxygen atoms in total. The highest BCUT2D eigenvalue weighted by atomic mass is 32.2. The maximum Gasteiger partial charge on any atom is 0.240 e. The molecule has 3 rings (SSSR count). The molecule has 0 amide bonds. The molecule has 7 heteroatoms. The largest absolute Gasteiger partial charge is 0.487 e. The standard InChI is InChI=1S/C18H26FNO4S/c1-18(2)9-3-4-17(18)20-25(21,22)14-5-6-16(15(19)12-14)24-13-7-10-23-11-8-13/h5-6,12-13,17,20H,3-4,7-11H2,1-2H3. The van der Waals surface area contributed by atoms with Crippen molar-refractivity contribution in [2.45, 2.75) is 63.0 Å². The Kier molecular flexibility index (Phi) is 5.37. The van der Waals surface area contributed by atoms with Crippen molar-refractivity contribution in [2.24, 2.45) is 5.41 Å². The van der Waals surface area contributed by atoms with Crippen LogP contribution >= 0.6 is 0 Å². The van der Waals surface area contributed by atoms with Gasteiger partial charge in [0.15, 0.2) is 11.6 Å². The third kappa shape index (κ3) is 4.33. The molecule has 1 aliphatic carbocycles. The molecule has 1 aliphatic heterocycles. The van der Waals surface area contributed by atoms with Gasteiger partial charge in [-0.2, -0.15) is 0 Å². The molecular weight excluding hydrogens is 345 g/mol. The summed E-state index contributed by atoms with van der Waals surface area (Å²) in [6.07, 6.45) is 4.09. The van der Waals surface area contributed by atoms with Crippen molar-refractivity contribution in [3.63, 3.8) is 0 Å². The average Bonchev–Trinajstić information content (AvgIpc) is 2.88. The molecule has 1 aromatic carbocycles. The molecule has 0 bridgehead atoms. The van der Waals surface area contributed by atoms with Gasteiger partial charge in [-0.15, -0.1) is 0 Å². The molecule has 25 heavy (non-hydrogen) atoms. The monoisotopic (exact) mass is 371 g/mol. The van der Waals surface area contributed by atoms with Crippen LogP contribution in [0.15, 0.2) is 23.1 Å². The number of benzene rings is 1. The molecule has 1 unspecified atom stereocenters. The Labute approximate surface area is 149 Å². The minimum Gasteiger partial charge on any atom is -0.487 e. The Morgan fingerprint density at radius 1 is 1.24 bits per heavy atom. The quantitative estimate of drug-likeness (QED) is 0.863. The number of ether oxygens (including phenoxy) is 2. The third-order valence-corrected chi connectivity index (χ3v) is 6.70. The molecule has 2 aliphatic rings. The van der Waals surface area contributed by atoms with Crippen LogP contribution in [0.5, 0.6) is 5.75 Å². The summed E-state index contributed by atoms with van der Waals surface area (Å²) in [4.78, 5) is -0.0629. The molecule has 140 valence electrons. The van der Waals surface area contributed by atoms with Gasteiger partial charge in [-0.25, -0.2) is 17.5 Å². The van der Waals surface area contributed by atoms with E-state index in [1.807, 2.05) is 0 Å². The summed E-state index contributed by atoms with van der Waals surface area (Å²) in [5.41, 5.74) is -0.0856. The number of hydrogen-bond acceptors (Lipinski definition) is 4. The zero-order valence-corrected chi connectivity index (χ0v) is 15.6. The summed E-state index contributed by atoms with van der Waals surface area (Å²) in [5.74, 6) is -0.563. The topological polar surface area (TPSA) is 64.6 Å². The average molecular weight is 371 g/mol. The number of rotatable bonds is 5. The lowest BCUT2D eigenvalue weighted by atomic mass is 9.88. The minimum absolute atomic E-state index is 0.0629. The molecule has 0 aromatic heterocycles. The van der Waals surface area contributed by atoms with E-state index in [9.17, 15) is 12.8 Å². The zero-order valence-electron chi connectivity index (χ0n) is 14.8. The van der Waals surface area contributed by atoms with Crippen molar-refractivity contribution < 1.29 is 22.3 Å². The highest BCUT2D eigenvalue weighted by Crippen LogP contribution is 2.38.